The molecule has 0 aromatic carbocycles. The molecule has 1 unspecified atom stereocenters. The van der Waals surface area contributed by atoms with Crippen molar-refractivity contribution < 1.29 is 0 Å². The van der Waals surface area contributed by atoms with Crippen LogP contribution >= 0.6 is 38.3 Å². The Labute approximate surface area is 102 Å². The molecule has 0 aromatic rings. The van der Waals surface area contributed by atoms with E-state index in [-0.39, 0.29) is 0 Å². The van der Waals surface area contributed by atoms with Gasteiger partial charge in [0.25, 0.3) is 0 Å². The summed E-state index contributed by atoms with van der Waals surface area (Å²) in [6, 6.07) is 0. The molecule has 0 saturated carbocycles. The molecule has 1 rings (SSSR count). The minimum atomic E-state index is -1.02. The van der Waals surface area contributed by atoms with E-state index in [0.29, 0.717) is 0 Å². The van der Waals surface area contributed by atoms with Gasteiger partial charge in [0.1, 0.15) is 0 Å². The molecule has 1 saturated heterocycles. The van der Waals surface area contributed by atoms with Crippen LogP contribution < -0.4 is 0 Å². The molecule has 78 valence electrons. The average Bonchev–Trinajstić information content (AvgIpc) is 1.96. The minimum absolute atomic E-state index is 0.847. The molecule has 0 radical (unpaired) electrons. The number of hydrogen-bond donors (Lipinski definition) is 0. The number of rotatable bonds is 6. The first-order valence-electron chi connectivity index (χ1n) is 4.60. The predicted molar refractivity (Wildman–Crippen MR) is 75.1 cm³/mol. The maximum atomic E-state index is 2.36. The molecule has 1 heterocycles. The van der Waals surface area contributed by atoms with E-state index in [0.717, 1.165) is 9.83 Å². The van der Waals surface area contributed by atoms with E-state index in [9.17, 15) is 0 Å². The molecule has 0 aliphatic carbocycles. The quantitative estimate of drug-likeness (QED) is 0.653. The van der Waals surface area contributed by atoms with Gasteiger partial charge in [0.05, 0.1) is 0 Å². The Kier molecular flexibility index (Phi) is 7.65. The zero-order valence-corrected chi connectivity index (χ0v) is 14.2. The third-order valence-electron chi connectivity index (χ3n) is 1.39. The van der Waals surface area contributed by atoms with Crippen LogP contribution in [0.4, 0.5) is 0 Å². The molecular weight excluding hydrogens is 346 g/mol. The summed E-state index contributed by atoms with van der Waals surface area (Å²) in [5.74, 6) is 2.74. The van der Waals surface area contributed by atoms with E-state index in [2.05, 4.69) is 59.1 Å². The van der Waals surface area contributed by atoms with Gasteiger partial charge in [-0.3, -0.25) is 0 Å². The molecule has 1 fully saturated rings. The Morgan fingerprint density at radius 3 is 2.62 bits per heavy atom. The first-order chi connectivity index (χ1) is 6.22. The molecule has 0 bridgehead atoms. The van der Waals surface area contributed by atoms with Gasteiger partial charge >= 0.3 is 103 Å². The molecule has 1 aliphatic heterocycles. The SMILES string of the molecule is CC[S][Sb]([S]C(C)C)[S]C1CCS1. The summed E-state index contributed by atoms with van der Waals surface area (Å²) >= 11 is 1.15. The summed E-state index contributed by atoms with van der Waals surface area (Å²) in [6.45, 7) is 6.98. The van der Waals surface area contributed by atoms with Gasteiger partial charge < -0.3 is 0 Å². The van der Waals surface area contributed by atoms with Gasteiger partial charge in [-0.25, -0.2) is 0 Å². The van der Waals surface area contributed by atoms with Crippen molar-refractivity contribution in [2.75, 3.05) is 11.5 Å². The molecule has 0 spiro atoms. The molecule has 1 atom stereocenters. The zero-order valence-electron chi connectivity index (χ0n) is 8.36. The monoisotopic (exact) mass is 362 g/mol. The number of hydrogen-bond acceptors (Lipinski definition) is 4. The van der Waals surface area contributed by atoms with Crippen molar-refractivity contribution in [3.8, 4) is 0 Å². The molecular formula is C8H17S4Sb. The van der Waals surface area contributed by atoms with Gasteiger partial charge in [-0.05, 0) is 0 Å². The standard InChI is InChI=1S/C3H6S2.C3H8S.C2H6S.Sb/c4-3-1-2-5-3;1-3(2)4;1-2-3;/h3-4H,1-2H2;3-4H,1-2H3;3H,2H2,1H3;/q;;;+3/p-3. The van der Waals surface area contributed by atoms with Gasteiger partial charge in [-0.1, -0.05) is 0 Å². The third-order valence-corrected chi connectivity index (χ3v) is 30.1. The zero-order chi connectivity index (χ0) is 9.68. The van der Waals surface area contributed by atoms with Crippen LogP contribution in [-0.4, -0.2) is 37.3 Å². The van der Waals surface area contributed by atoms with Crippen LogP contribution in [0.1, 0.15) is 27.2 Å². The number of thioether (sulfide) groups is 1. The van der Waals surface area contributed by atoms with Crippen LogP contribution in [0.2, 0.25) is 0 Å². The van der Waals surface area contributed by atoms with Crippen LogP contribution in [-0.2, 0) is 0 Å². The fourth-order valence-electron chi connectivity index (χ4n) is 0.756. The average molecular weight is 363 g/mol. The Bertz CT molecular complexity index is 138. The van der Waals surface area contributed by atoms with E-state index < -0.39 is 16.0 Å². The van der Waals surface area contributed by atoms with Gasteiger partial charge in [0.2, 0.25) is 0 Å². The second-order valence-corrected chi connectivity index (χ2v) is 26.5. The van der Waals surface area contributed by atoms with Crippen molar-refractivity contribution in [2.45, 2.75) is 37.0 Å². The van der Waals surface area contributed by atoms with Crippen molar-refractivity contribution in [1.82, 2.24) is 0 Å². The fourth-order valence-corrected chi connectivity index (χ4v) is 36.1. The van der Waals surface area contributed by atoms with E-state index >= 15 is 0 Å². The normalized spacial score (nSPS) is 22.4. The topological polar surface area (TPSA) is 0 Å². The van der Waals surface area contributed by atoms with Gasteiger partial charge in [0.15, 0.2) is 0 Å². The van der Waals surface area contributed by atoms with Crippen LogP contribution in [0, 0.1) is 0 Å². The second kappa shape index (κ2) is 7.48. The van der Waals surface area contributed by atoms with Crippen molar-refractivity contribution in [2.24, 2.45) is 0 Å². The van der Waals surface area contributed by atoms with Crippen molar-refractivity contribution in [3.05, 3.63) is 0 Å². The van der Waals surface area contributed by atoms with Gasteiger partial charge in [0, 0.05) is 0 Å². The summed E-state index contributed by atoms with van der Waals surface area (Å²) in [5, 5.41) is 0.847. The molecule has 0 amide bonds. The van der Waals surface area contributed by atoms with E-state index in [4.69, 9.17) is 0 Å². The molecule has 13 heavy (non-hydrogen) atoms. The summed E-state index contributed by atoms with van der Waals surface area (Å²) in [5.41, 5.74) is 0. The van der Waals surface area contributed by atoms with Gasteiger partial charge in [-0.15, -0.1) is 0 Å². The van der Waals surface area contributed by atoms with Crippen LogP contribution in [0.25, 0.3) is 0 Å². The molecule has 0 aromatic heterocycles. The van der Waals surface area contributed by atoms with E-state index in [1.54, 1.807) is 0 Å². The summed E-state index contributed by atoms with van der Waals surface area (Å²) in [6.07, 6.45) is 1.47. The third kappa shape index (κ3) is 5.75. The summed E-state index contributed by atoms with van der Waals surface area (Å²) in [4.78, 5) is 0. The molecule has 0 N–H and O–H groups in total. The van der Waals surface area contributed by atoms with Crippen LogP contribution in [0.3, 0.4) is 0 Å². The predicted octanol–water partition coefficient (Wildman–Crippen LogP) is 4.06. The molecule has 0 nitrogen and oxygen atoms in total. The Balaban J connectivity index is 2.19. The summed E-state index contributed by atoms with van der Waals surface area (Å²) < 4.78 is 0.980. The first kappa shape index (κ1) is 13.3. The molecule has 1 aliphatic rings. The van der Waals surface area contributed by atoms with Crippen molar-refractivity contribution >= 4 is 54.3 Å². The van der Waals surface area contributed by atoms with Crippen molar-refractivity contribution in [3.63, 3.8) is 0 Å². The van der Waals surface area contributed by atoms with Crippen LogP contribution in [0.5, 0.6) is 0 Å². The van der Waals surface area contributed by atoms with Crippen molar-refractivity contribution in [1.29, 1.82) is 0 Å². The Morgan fingerprint density at radius 1 is 1.54 bits per heavy atom. The van der Waals surface area contributed by atoms with Crippen LogP contribution in [0.15, 0.2) is 0 Å². The Hall–Kier alpha value is 2.22. The maximum absolute atomic E-state index is 2.36. The Morgan fingerprint density at radius 2 is 2.23 bits per heavy atom. The summed E-state index contributed by atoms with van der Waals surface area (Å²) in [7, 11) is 6.93. The van der Waals surface area contributed by atoms with E-state index in [1.165, 1.54) is 17.9 Å². The van der Waals surface area contributed by atoms with E-state index in [1.807, 2.05) is 0 Å². The second-order valence-electron chi connectivity index (χ2n) is 2.99. The first-order valence-corrected chi connectivity index (χ1v) is 17.6. The fraction of sp³-hybridized carbons (Fsp3) is 1.00. The molecule has 5 heteroatoms. The van der Waals surface area contributed by atoms with Gasteiger partial charge in [-0.2, -0.15) is 0 Å².